The van der Waals surface area contributed by atoms with Crippen LogP contribution < -0.4 is 10.2 Å². The molecule has 0 spiro atoms. The fourth-order valence-corrected chi connectivity index (χ4v) is 1.34. The van der Waals surface area contributed by atoms with Crippen LogP contribution in [0.2, 0.25) is 0 Å². The Hall–Kier alpha value is -1.23. The van der Waals surface area contributed by atoms with Gasteiger partial charge in [0, 0.05) is 20.1 Å². The third-order valence-corrected chi connectivity index (χ3v) is 2.60. The van der Waals surface area contributed by atoms with Crippen molar-refractivity contribution in [3.8, 4) is 0 Å². The molecule has 0 bridgehead atoms. The standard InChI is InChI=1S/C12H23N5/c1-9(2)8-13-6-7-17(5)12-14-10(3)11(4)15-16-12/h9,13H,6-8H2,1-5H3. The van der Waals surface area contributed by atoms with Crippen molar-refractivity contribution >= 4 is 5.95 Å². The molecule has 1 heterocycles. The predicted molar refractivity (Wildman–Crippen MR) is 70.3 cm³/mol. The number of aromatic nitrogens is 3. The van der Waals surface area contributed by atoms with E-state index in [1.165, 1.54) is 0 Å². The van der Waals surface area contributed by atoms with Gasteiger partial charge in [0.2, 0.25) is 5.95 Å². The topological polar surface area (TPSA) is 53.9 Å². The second-order valence-corrected chi connectivity index (χ2v) is 4.80. The minimum Gasteiger partial charge on any atom is -0.341 e. The van der Waals surface area contributed by atoms with Crippen molar-refractivity contribution in [1.82, 2.24) is 20.5 Å². The minimum absolute atomic E-state index is 0.680. The van der Waals surface area contributed by atoms with Crippen LogP contribution in [0.15, 0.2) is 0 Å². The normalized spacial score (nSPS) is 10.9. The Morgan fingerprint density at radius 2 is 1.88 bits per heavy atom. The molecular weight excluding hydrogens is 214 g/mol. The highest BCUT2D eigenvalue weighted by molar-refractivity contribution is 5.28. The zero-order valence-corrected chi connectivity index (χ0v) is 11.5. The van der Waals surface area contributed by atoms with Gasteiger partial charge in [-0.2, -0.15) is 5.10 Å². The van der Waals surface area contributed by atoms with Gasteiger partial charge in [0.25, 0.3) is 0 Å². The summed E-state index contributed by atoms with van der Waals surface area (Å²) in [4.78, 5) is 6.43. The Balaban J connectivity index is 2.41. The SMILES string of the molecule is Cc1nnc(N(C)CCNCC(C)C)nc1C. The van der Waals surface area contributed by atoms with Crippen LogP contribution in [-0.2, 0) is 0 Å². The van der Waals surface area contributed by atoms with Gasteiger partial charge in [-0.1, -0.05) is 13.8 Å². The molecule has 5 nitrogen and oxygen atoms in total. The maximum atomic E-state index is 4.41. The number of hydrogen-bond donors (Lipinski definition) is 1. The van der Waals surface area contributed by atoms with E-state index in [2.05, 4.69) is 34.3 Å². The summed E-state index contributed by atoms with van der Waals surface area (Å²) in [6, 6.07) is 0. The quantitative estimate of drug-likeness (QED) is 0.753. The van der Waals surface area contributed by atoms with Gasteiger partial charge in [0.05, 0.1) is 11.4 Å². The molecule has 0 fully saturated rings. The van der Waals surface area contributed by atoms with Crippen LogP contribution >= 0.6 is 0 Å². The van der Waals surface area contributed by atoms with E-state index in [9.17, 15) is 0 Å². The smallest absolute Gasteiger partial charge is 0.245 e. The number of aryl methyl sites for hydroxylation is 2. The van der Waals surface area contributed by atoms with Crippen molar-refractivity contribution in [3.05, 3.63) is 11.4 Å². The Morgan fingerprint density at radius 1 is 1.18 bits per heavy atom. The highest BCUT2D eigenvalue weighted by Crippen LogP contribution is 2.05. The minimum atomic E-state index is 0.680. The summed E-state index contributed by atoms with van der Waals surface area (Å²) >= 11 is 0. The Labute approximate surface area is 104 Å². The van der Waals surface area contributed by atoms with E-state index in [0.717, 1.165) is 31.0 Å². The third kappa shape index (κ3) is 4.65. The number of anilines is 1. The lowest BCUT2D eigenvalue weighted by Crippen LogP contribution is -2.32. The second-order valence-electron chi connectivity index (χ2n) is 4.80. The highest BCUT2D eigenvalue weighted by atomic mass is 15.3. The molecule has 0 aromatic carbocycles. The Kier molecular flexibility index (Phi) is 5.28. The van der Waals surface area contributed by atoms with Crippen molar-refractivity contribution in [2.45, 2.75) is 27.7 Å². The highest BCUT2D eigenvalue weighted by Gasteiger charge is 2.06. The molecule has 1 N–H and O–H groups in total. The summed E-state index contributed by atoms with van der Waals surface area (Å²) in [7, 11) is 1.99. The second kappa shape index (κ2) is 6.49. The average Bonchev–Trinajstić information content (AvgIpc) is 2.27. The van der Waals surface area contributed by atoms with Gasteiger partial charge in [-0.15, -0.1) is 5.10 Å². The lowest BCUT2D eigenvalue weighted by atomic mass is 10.2. The molecule has 1 aromatic rings. The molecule has 0 aliphatic carbocycles. The first-order valence-electron chi connectivity index (χ1n) is 6.10. The van der Waals surface area contributed by atoms with Crippen LogP contribution in [0.25, 0.3) is 0 Å². The molecule has 1 rings (SSSR count). The molecule has 0 aliphatic heterocycles. The van der Waals surface area contributed by atoms with Crippen LogP contribution in [0.1, 0.15) is 25.2 Å². The summed E-state index contributed by atoms with van der Waals surface area (Å²) < 4.78 is 0. The first-order chi connectivity index (χ1) is 8.00. The van der Waals surface area contributed by atoms with Crippen molar-refractivity contribution in [2.24, 2.45) is 5.92 Å². The number of likely N-dealkylation sites (N-methyl/N-ethyl adjacent to an activating group) is 1. The number of nitrogens with zero attached hydrogens (tertiary/aromatic N) is 4. The number of nitrogens with one attached hydrogen (secondary N) is 1. The van der Waals surface area contributed by atoms with E-state index in [4.69, 9.17) is 0 Å². The summed E-state index contributed by atoms with van der Waals surface area (Å²) in [5.74, 6) is 1.37. The molecule has 17 heavy (non-hydrogen) atoms. The molecule has 1 aromatic heterocycles. The van der Waals surface area contributed by atoms with Crippen molar-refractivity contribution in [1.29, 1.82) is 0 Å². The maximum Gasteiger partial charge on any atom is 0.245 e. The Morgan fingerprint density at radius 3 is 2.47 bits per heavy atom. The third-order valence-electron chi connectivity index (χ3n) is 2.60. The molecule has 0 saturated heterocycles. The van der Waals surface area contributed by atoms with Crippen molar-refractivity contribution in [3.63, 3.8) is 0 Å². The van der Waals surface area contributed by atoms with E-state index >= 15 is 0 Å². The van der Waals surface area contributed by atoms with Crippen LogP contribution in [0.3, 0.4) is 0 Å². The lowest BCUT2D eigenvalue weighted by Gasteiger charge is -2.17. The predicted octanol–water partition coefficient (Wildman–Crippen LogP) is 1.17. The van der Waals surface area contributed by atoms with Gasteiger partial charge < -0.3 is 10.2 Å². The first kappa shape index (κ1) is 13.8. The maximum absolute atomic E-state index is 4.41. The Bertz CT molecular complexity index is 351. The largest absolute Gasteiger partial charge is 0.341 e. The van der Waals surface area contributed by atoms with E-state index in [1.54, 1.807) is 0 Å². The van der Waals surface area contributed by atoms with Crippen LogP contribution in [0.5, 0.6) is 0 Å². The summed E-state index contributed by atoms with van der Waals surface area (Å²) in [5.41, 5.74) is 1.83. The van der Waals surface area contributed by atoms with E-state index in [-0.39, 0.29) is 0 Å². The van der Waals surface area contributed by atoms with Crippen LogP contribution in [0, 0.1) is 19.8 Å². The molecule has 96 valence electrons. The van der Waals surface area contributed by atoms with Gasteiger partial charge in [0.1, 0.15) is 0 Å². The summed E-state index contributed by atoms with van der Waals surface area (Å²) in [5, 5.41) is 11.6. The molecule has 0 aliphatic rings. The molecule has 0 atom stereocenters. The fourth-order valence-electron chi connectivity index (χ4n) is 1.34. The van der Waals surface area contributed by atoms with Crippen LogP contribution in [-0.4, -0.2) is 41.9 Å². The molecule has 0 radical (unpaired) electrons. The van der Waals surface area contributed by atoms with E-state index in [0.29, 0.717) is 11.9 Å². The zero-order valence-electron chi connectivity index (χ0n) is 11.5. The molecule has 0 amide bonds. The van der Waals surface area contributed by atoms with Crippen molar-refractivity contribution < 1.29 is 0 Å². The average molecular weight is 237 g/mol. The number of hydrogen-bond acceptors (Lipinski definition) is 5. The summed E-state index contributed by atoms with van der Waals surface area (Å²) in [6.45, 7) is 11.1. The van der Waals surface area contributed by atoms with Crippen molar-refractivity contribution in [2.75, 3.05) is 31.6 Å². The van der Waals surface area contributed by atoms with Gasteiger partial charge in [0.15, 0.2) is 0 Å². The first-order valence-corrected chi connectivity index (χ1v) is 6.10. The number of rotatable bonds is 6. The lowest BCUT2D eigenvalue weighted by molar-refractivity contribution is 0.552. The molecule has 0 unspecified atom stereocenters. The molecular formula is C12H23N5. The fraction of sp³-hybridized carbons (Fsp3) is 0.750. The molecule has 5 heteroatoms. The molecule has 0 saturated carbocycles. The zero-order chi connectivity index (χ0) is 12.8. The van der Waals surface area contributed by atoms with E-state index < -0.39 is 0 Å². The monoisotopic (exact) mass is 237 g/mol. The van der Waals surface area contributed by atoms with Gasteiger partial charge in [-0.25, -0.2) is 4.98 Å². The van der Waals surface area contributed by atoms with Gasteiger partial charge >= 0.3 is 0 Å². The van der Waals surface area contributed by atoms with E-state index in [1.807, 2.05) is 25.8 Å². The van der Waals surface area contributed by atoms with Crippen LogP contribution in [0.4, 0.5) is 5.95 Å². The summed E-state index contributed by atoms with van der Waals surface area (Å²) in [6.07, 6.45) is 0. The van der Waals surface area contributed by atoms with Gasteiger partial charge in [-0.05, 0) is 26.3 Å². The van der Waals surface area contributed by atoms with Gasteiger partial charge in [-0.3, -0.25) is 0 Å².